The largest absolute Gasteiger partial charge is 0.446 e. The fraction of sp³-hybridized carbons (Fsp3) is 0.0400. The maximum absolute atomic E-state index is 14.4. The molecule has 12 rings (SSSR count). The summed E-state index contributed by atoms with van der Waals surface area (Å²) in [5, 5.41) is 0. The lowest BCUT2D eigenvalue weighted by Crippen LogP contribution is -2.68. The molecular weight excluding hydrogens is 742 g/mol. The van der Waals surface area contributed by atoms with E-state index in [0.29, 0.717) is 0 Å². The lowest BCUT2D eigenvalue weighted by molar-refractivity contribution is -0.0328. The number of anilines is 9. The topological polar surface area (TPSA) is 9.72 Å². The van der Waals surface area contributed by atoms with Crippen LogP contribution in [0.2, 0.25) is 0 Å². The highest BCUT2D eigenvalue weighted by Crippen LogP contribution is 2.60. The van der Waals surface area contributed by atoms with E-state index in [9.17, 15) is 13.2 Å². The number of alkyl halides is 3. The first-order valence-corrected chi connectivity index (χ1v) is 20.2. The molecule has 0 aromatic heterocycles. The van der Waals surface area contributed by atoms with Gasteiger partial charge in [-0.3, -0.25) is 0 Å². The number of fused-ring (bicyclic) bond motifs is 6. The molecule has 0 amide bonds. The van der Waals surface area contributed by atoms with Crippen molar-refractivity contribution in [1.82, 2.24) is 0 Å². The number of para-hydroxylation sites is 5. The van der Waals surface area contributed by atoms with Crippen LogP contribution in [0.1, 0.15) is 22.3 Å². The van der Waals surface area contributed by atoms with E-state index in [1.165, 1.54) is 33.2 Å². The summed E-state index contributed by atoms with van der Waals surface area (Å²) in [6.07, 6.45) is 0. The number of nitrogens with zero attached hydrogens (tertiary/aromatic N) is 3. The van der Waals surface area contributed by atoms with Gasteiger partial charge in [0.05, 0.1) is 16.8 Å². The molecule has 0 unspecified atom stereocenters. The van der Waals surface area contributed by atoms with Crippen LogP contribution in [0.4, 0.5) is 64.4 Å². The van der Waals surface area contributed by atoms with Crippen LogP contribution in [0.25, 0.3) is 0 Å². The van der Waals surface area contributed by atoms with Gasteiger partial charge in [-0.1, -0.05) is 115 Å². The molecule has 8 aromatic rings. The highest BCUT2D eigenvalue weighted by Gasteiger charge is 2.57. The molecule has 0 bridgehead atoms. The highest BCUT2D eigenvalue weighted by molar-refractivity contribution is 8.00. The summed E-state index contributed by atoms with van der Waals surface area (Å²) >= 11 is -0.0575. The van der Waals surface area contributed by atoms with Gasteiger partial charge in [-0.05, 0) is 123 Å². The molecule has 3 nitrogen and oxygen atoms in total. The minimum absolute atomic E-state index is 0.0575. The van der Waals surface area contributed by atoms with E-state index in [0.717, 1.165) is 56.6 Å². The molecule has 0 aliphatic carbocycles. The molecular formula is C50H31BF3N3S. The van der Waals surface area contributed by atoms with Crippen molar-refractivity contribution in [3.8, 4) is 0 Å². The van der Waals surface area contributed by atoms with Gasteiger partial charge < -0.3 is 14.7 Å². The van der Waals surface area contributed by atoms with Gasteiger partial charge in [0.2, 0.25) is 0 Å². The lowest BCUT2D eigenvalue weighted by Gasteiger charge is -2.54. The van der Waals surface area contributed by atoms with Crippen LogP contribution < -0.4 is 31.1 Å². The molecule has 4 heterocycles. The van der Waals surface area contributed by atoms with Crippen molar-refractivity contribution in [2.24, 2.45) is 0 Å². The monoisotopic (exact) mass is 773 g/mol. The normalized spacial score (nSPS) is 14.9. The first kappa shape index (κ1) is 33.5. The maximum Gasteiger partial charge on any atom is 0.446 e. The van der Waals surface area contributed by atoms with Gasteiger partial charge in [0.1, 0.15) is 0 Å². The number of hydrogen-bond donors (Lipinski definition) is 0. The van der Waals surface area contributed by atoms with Gasteiger partial charge >= 0.3 is 5.51 Å². The quantitative estimate of drug-likeness (QED) is 0.130. The van der Waals surface area contributed by atoms with Crippen molar-refractivity contribution in [3.63, 3.8) is 0 Å². The van der Waals surface area contributed by atoms with E-state index in [1.807, 2.05) is 66.7 Å². The fourth-order valence-electron chi connectivity index (χ4n) is 10.4. The summed E-state index contributed by atoms with van der Waals surface area (Å²) < 4.78 is 43.2. The first-order valence-electron chi connectivity index (χ1n) is 19.4. The minimum atomic E-state index is -4.47. The van der Waals surface area contributed by atoms with Gasteiger partial charge in [-0.15, -0.1) is 0 Å². The number of benzene rings is 8. The predicted octanol–water partition coefficient (Wildman–Crippen LogP) is 11.9. The Morgan fingerprint density at radius 1 is 0.379 bits per heavy atom. The molecule has 58 heavy (non-hydrogen) atoms. The van der Waals surface area contributed by atoms with Crippen LogP contribution in [0.3, 0.4) is 0 Å². The number of thioether (sulfide) groups is 1. The molecule has 0 atom stereocenters. The third-order valence-corrected chi connectivity index (χ3v) is 13.0. The zero-order valence-corrected chi connectivity index (χ0v) is 31.7. The SMILES string of the molecule is FC(F)(F)Sc1cc2c3c(c1)N(c1ccccc1)c1cccc4c1B3c1c(cccc1C41c3ccccc3N(c3ccccc3)c3ccccc31)N2c1ccccc1. The van der Waals surface area contributed by atoms with Crippen molar-refractivity contribution >= 4 is 86.0 Å². The zero-order valence-electron chi connectivity index (χ0n) is 30.9. The number of hydrogen-bond acceptors (Lipinski definition) is 4. The molecule has 4 aliphatic heterocycles. The Kier molecular flexibility index (Phi) is 7.04. The average Bonchev–Trinajstić information content (AvgIpc) is 3.25. The van der Waals surface area contributed by atoms with E-state index in [1.54, 1.807) is 12.1 Å². The van der Waals surface area contributed by atoms with Crippen LogP contribution in [-0.4, -0.2) is 12.2 Å². The first-order chi connectivity index (χ1) is 28.4. The van der Waals surface area contributed by atoms with Gasteiger partial charge in [-0.2, -0.15) is 13.2 Å². The third kappa shape index (κ3) is 4.49. The van der Waals surface area contributed by atoms with Crippen LogP contribution in [0.5, 0.6) is 0 Å². The second kappa shape index (κ2) is 12.2. The molecule has 0 radical (unpaired) electrons. The third-order valence-electron chi connectivity index (χ3n) is 12.3. The number of halogens is 3. The van der Waals surface area contributed by atoms with E-state index in [2.05, 4.69) is 124 Å². The standard InChI is InChI=1S/C50H31BF3N3S/c52-50(53,54)58-35-30-44-48-45(31-35)57(34-20-8-3-9-21-34)43-29-15-25-39-47(43)51(48)46-38(24-14-28-42(46)56(44)33-18-6-2-7-19-33)49(39)36-22-10-12-26-40(36)55(32-16-4-1-5-17-32)41-27-13-11-23-37(41)49/h1-31H. The second-order valence-electron chi connectivity index (χ2n) is 15.1. The summed E-state index contributed by atoms with van der Waals surface area (Å²) in [4.78, 5) is 6.92. The van der Waals surface area contributed by atoms with E-state index >= 15 is 0 Å². The zero-order chi connectivity index (χ0) is 38.8. The second-order valence-corrected chi connectivity index (χ2v) is 16.3. The molecule has 1 spiro atoms. The minimum Gasteiger partial charge on any atom is -0.311 e. The molecule has 4 aliphatic rings. The molecule has 0 saturated carbocycles. The van der Waals surface area contributed by atoms with Crippen molar-refractivity contribution in [1.29, 1.82) is 0 Å². The molecule has 276 valence electrons. The van der Waals surface area contributed by atoms with E-state index < -0.39 is 10.9 Å². The van der Waals surface area contributed by atoms with E-state index in [4.69, 9.17) is 0 Å². The fourth-order valence-corrected chi connectivity index (χ4v) is 11.1. The van der Waals surface area contributed by atoms with Crippen LogP contribution in [0, 0.1) is 0 Å². The Hall–Kier alpha value is -6.64. The molecule has 0 saturated heterocycles. The summed E-state index contributed by atoms with van der Waals surface area (Å²) in [6.45, 7) is -0.246. The summed E-state index contributed by atoms with van der Waals surface area (Å²) in [6, 6.07) is 64.9. The smallest absolute Gasteiger partial charge is 0.311 e. The van der Waals surface area contributed by atoms with Crippen molar-refractivity contribution < 1.29 is 13.2 Å². The van der Waals surface area contributed by atoms with Gasteiger partial charge in [0, 0.05) is 44.7 Å². The van der Waals surface area contributed by atoms with Crippen molar-refractivity contribution in [2.75, 3.05) is 14.7 Å². The maximum atomic E-state index is 14.4. The van der Waals surface area contributed by atoms with E-state index in [-0.39, 0.29) is 23.4 Å². The Labute approximate surface area is 338 Å². The lowest BCUT2D eigenvalue weighted by atomic mass is 9.28. The Morgan fingerprint density at radius 3 is 1.17 bits per heavy atom. The van der Waals surface area contributed by atoms with Crippen molar-refractivity contribution in [2.45, 2.75) is 15.8 Å². The Balaban J connectivity index is 1.26. The van der Waals surface area contributed by atoms with Crippen LogP contribution in [0.15, 0.2) is 193 Å². The Morgan fingerprint density at radius 2 is 0.741 bits per heavy atom. The number of rotatable bonds is 4. The summed E-state index contributed by atoms with van der Waals surface area (Å²) in [5.41, 5.74) is 11.3. The molecule has 0 fully saturated rings. The summed E-state index contributed by atoms with van der Waals surface area (Å²) in [7, 11) is 0. The molecule has 0 N–H and O–H groups in total. The van der Waals surface area contributed by atoms with Crippen molar-refractivity contribution in [3.05, 3.63) is 210 Å². The van der Waals surface area contributed by atoms with Crippen LogP contribution in [-0.2, 0) is 5.41 Å². The molecule has 8 heteroatoms. The van der Waals surface area contributed by atoms with Crippen LogP contribution >= 0.6 is 11.8 Å². The van der Waals surface area contributed by atoms with Gasteiger partial charge in [0.25, 0.3) is 6.71 Å². The molecule has 8 aromatic carbocycles. The summed E-state index contributed by atoms with van der Waals surface area (Å²) in [5.74, 6) is 0. The predicted molar refractivity (Wildman–Crippen MR) is 232 cm³/mol. The average molecular weight is 774 g/mol. The Bertz CT molecular complexity index is 2790. The van der Waals surface area contributed by atoms with Gasteiger partial charge in [0.15, 0.2) is 0 Å². The van der Waals surface area contributed by atoms with Gasteiger partial charge in [-0.25, -0.2) is 0 Å². The highest BCUT2D eigenvalue weighted by atomic mass is 32.2.